The van der Waals surface area contributed by atoms with Crippen molar-refractivity contribution in [3.05, 3.63) is 28.2 Å². The van der Waals surface area contributed by atoms with Gasteiger partial charge in [-0.25, -0.2) is 0 Å². The van der Waals surface area contributed by atoms with E-state index in [1.54, 1.807) is 23.9 Å². The van der Waals surface area contributed by atoms with Crippen LogP contribution in [-0.4, -0.2) is 23.0 Å². The quantitative estimate of drug-likeness (QED) is 0.788. The predicted octanol–water partition coefficient (Wildman–Crippen LogP) is 3.57. The third-order valence-electron chi connectivity index (χ3n) is 2.46. The summed E-state index contributed by atoms with van der Waals surface area (Å²) in [5.41, 5.74) is 6.01. The lowest BCUT2D eigenvalue weighted by Gasteiger charge is -2.21. The monoisotopic (exact) mass is 293 g/mol. The molecule has 0 saturated carbocycles. The Morgan fingerprint density at radius 1 is 1.35 bits per heavy atom. The molecule has 0 fully saturated rings. The lowest BCUT2D eigenvalue weighted by molar-refractivity contribution is 0.279. The second-order valence-corrected chi connectivity index (χ2v) is 5.99. The van der Waals surface area contributed by atoms with Crippen molar-refractivity contribution in [1.29, 1.82) is 0 Å². The van der Waals surface area contributed by atoms with Crippen LogP contribution in [-0.2, 0) is 0 Å². The molecule has 0 spiro atoms. The van der Waals surface area contributed by atoms with Crippen molar-refractivity contribution in [2.45, 2.75) is 36.0 Å². The van der Waals surface area contributed by atoms with Crippen molar-refractivity contribution < 1.29 is 5.11 Å². The smallest absolute Gasteiger partial charge is 0.0603 e. The van der Waals surface area contributed by atoms with Crippen molar-refractivity contribution in [2.75, 3.05) is 6.61 Å². The van der Waals surface area contributed by atoms with Gasteiger partial charge in [0.2, 0.25) is 0 Å². The fourth-order valence-corrected chi connectivity index (χ4v) is 2.93. The first kappa shape index (κ1) is 15.1. The number of benzene rings is 1. The van der Waals surface area contributed by atoms with E-state index in [9.17, 15) is 5.11 Å². The Hall–Kier alpha value is 0.0700. The van der Waals surface area contributed by atoms with E-state index in [2.05, 4.69) is 6.92 Å². The van der Waals surface area contributed by atoms with Crippen molar-refractivity contribution in [2.24, 2.45) is 5.73 Å². The maximum atomic E-state index is 9.35. The summed E-state index contributed by atoms with van der Waals surface area (Å²) < 4.78 is 0. The Morgan fingerprint density at radius 3 is 2.59 bits per heavy atom. The average Bonchev–Trinajstić information content (AvgIpc) is 2.30. The van der Waals surface area contributed by atoms with Crippen molar-refractivity contribution >= 4 is 35.0 Å². The van der Waals surface area contributed by atoms with E-state index in [0.717, 1.165) is 17.7 Å². The zero-order chi connectivity index (χ0) is 12.8. The van der Waals surface area contributed by atoms with Crippen LogP contribution < -0.4 is 5.73 Å². The number of aliphatic hydroxyl groups is 1. The number of nitrogens with two attached hydrogens (primary N) is 1. The van der Waals surface area contributed by atoms with Crippen molar-refractivity contribution in [1.82, 2.24) is 0 Å². The van der Waals surface area contributed by atoms with E-state index in [0.29, 0.717) is 10.0 Å². The molecule has 5 heteroatoms. The molecule has 0 aliphatic rings. The van der Waals surface area contributed by atoms with Gasteiger partial charge in [-0.15, -0.1) is 11.8 Å². The molecule has 0 aromatic heterocycles. The molecule has 0 aliphatic carbocycles. The van der Waals surface area contributed by atoms with Crippen LogP contribution >= 0.6 is 35.0 Å². The minimum atomic E-state index is -0.00977. The minimum Gasteiger partial charge on any atom is -0.395 e. The number of rotatable bonds is 6. The Morgan fingerprint density at radius 2 is 2.06 bits per heavy atom. The highest BCUT2D eigenvalue weighted by Gasteiger charge is 2.17. The second kappa shape index (κ2) is 7.49. The van der Waals surface area contributed by atoms with Gasteiger partial charge in [-0.1, -0.05) is 36.5 Å². The highest BCUT2D eigenvalue weighted by Crippen LogP contribution is 2.31. The second-order valence-electron chi connectivity index (χ2n) is 3.87. The summed E-state index contributed by atoms with van der Waals surface area (Å²) in [4.78, 5) is 0.977. The first-order valence-electron chi connectivity index (χ1n) is 5.56. The van der Waals surface area contributed by atoms with Gasteiger partial charge in [-0.2, -0.15) is 0 Å². The molecule has 0 aliphatic heterocycles. The van der Waals surface area contributed by atoms with E-state index in [-0.39, 0.29) is 17.9 Å². The number of halogens is 2. The number of hydrogen-bond donors (Lipinski definition) is 2. The van der Waals surface area contributed by atoms with Gasteiger partial charge in [0.15, 0.2) is 0 Å². The first-order chi connectivity index (χ1) is 8.08. The van der Waals surface area contributed by atoms with Crippen LogP contribution in [0.5, 0.6) is 0 Å². The van der Waals surface area contributed by atoms with Crippen LogP contribution in [0.3, 0.4) is 0 Å². The minimum absolute atomic E-state index is 0.00723. The van der Waals surface area contributed by atoms with Crippen LogP contribution in [0.2, 0.25) is 10.0 Å². The summed E-state index contributed by atoms with van der Waals surface area (Å²) in [5, 5.41) is 10.4. The van der Waals surface area contributed by atoms with E-state index in [4.69, 9.17) is 28.9 Å². The van der Waals surface area contributed by atoms with Crippen molar-refractivity contribution in [3.63, 3.8) is 0 Å². The van der Waals surface area contributed by atoms with Gasteiger partial charge in [0.1, 0.15) is 0 Å². The summed E-state index contributed by atoms with van der Waals surface area (Å²) in [6.45, 7) is 2.14. The van der Waals surface area contributed by atoms with Gasteiger partial charge >= 0.3 is 0 Å². The largest absolute Gasteiger partial charge is 0.395 e. The van der Waals surface area contributed by atoms with E-state index in [1.165, 1.54) is 0 Å². The lowest BCUT2D eigenvalue weighted by Crippen LogP contribution is -2.34. The molecule has 2 unspecified atom stereocenters. The molecule has 2 atom stereocenters. The van der Waals surface area contributed by atoms with Crippen LogP contribution in [0.4, 0.5) is 0 Å². The average molecular weight is 294 g/mol. The standard InChI is InChI=1S/C12H17Cl2NOS/c1-2-3-11(15)12(7-16)17-8-4-5-9(13)10(14)6-8/h4-6,11-12,16H,2-3,7,15H2,1H3. The Balaban J connectivity index is 2.70. The molecular weight excluding hydrogens is 277 g/mol. The Kier molecular flexibility index (Phi) is 6.67. The summed E-state index contributed by atoms with van der Waals surface area (Å²) in [5.74, 6) is 0. The fourth-order valence-electron chi connectivity index (χ4n) is 1.50. The molecule has 96 valence electrons. The maximum Gasteiger partial charge on any atom is 0.0603 e. The molecule has 0 radical (unpaired) electrons. The van der Waals surface area contributed by atoms with E-state index < -0.39 is 0 Å². The van der Waals surface area contributed by atoms with Gasteiger partial charge in [0.25, 0.3) is 0 Å². The maximum absolute atomic E-state index is 9.35. The van der Waals surface area contributed by atoms with Gasteiger partial charge in [0, 0.05) is 16.2 Å². The molecular formula is C12H17Cl2NOS. The molecule has 0 bridgehead atoms. The van der Waals surface area contributed by atoms with Crippen LogP contribution in [0.15, 0.2) is 23.1 Å². The van der Waals surface area contributed by atoms with Crippen LogP contribution in [0, 0.1) is 0 Å². The molecule has 1 aromatic carbocycles. The summed E-state index contributed by atoms with van der Waals surface area (Å²) in [7, 11) is 0. The van der Waals surface area contributed by atoms with Gasteiger partial charge in [-0.05, 0) is 24.6 Å². The van der Waals surface area contributed by atoms with Crippen LogP contribution in [0.1, 0.15) is 19.8 Å². The zero-order valence-electron chi connectivity index (χ0n) is 9.70. The van der Waals surface area contributed by atoms with Gasteiger partial charge < -0.3 is 10.8 Å². The third kappa shape index (κ3) is 4.68. The molecule has 17 heavy (non-hydrogen) atoms. The molecule has 1 aromatic rings. The van der Waals surface area contributed by atoms with Crippen molar-refractivity contribution in [3.8, 4) is 0 Å². The van der Waals surface area contributed by atoms with Crippen LogP contribution in [0.25, 0.3) is 0 Å². The molecule has 0 heterocycles. The summed E-state index contributed by atoms with van der Waals surface area (Å²) in [6, 6.07) is 5.44. The third-order valence-corrected chi connectivity index (χ3v) is 4.52. The summed E-state index contributed by atoms with van der Waals surface area (Å²) >= 11 is 13.3. The number of hydrogen-bond acceptors (Lipinski definition) is 3. The molecule has 2 nitrogen and oxygen atoms in total. The Bertz CT molecular complexity index is 362. The van der Waals surface area contributed by atoms with Gasteiger partial charge in [0.05, 0.1) is 16.7 Å². The molecule has 1 rings (SSSR count). The first-order valence-corrected chi connectivity index (χ1v) is 7.20. The zero-order valence-corrected chi connectivity index (χ0v) is 12.0. The molecule has 3 N–H and O–H groups in total. The van der Waals surface area contributed by atoms with E-state index >= 15 is 0 Å². The molecule has 0 amide bonds. The lowest BCUT2D eigenvalue weighted by atomic mass is 10.1. The number of aliphatic hydroxyl groups excluding tert-OH is 1. The molecule has 0 saturated heterocycles. The normalized spacial score (nSPS) is 14.6. The van der Waals surface area contributed by atoms with Gasteiger partial charge in [-0.3, -0.25) is 0 Å². The fraction of sp³-hybridized carbons (Fsp3) is 0.500. The predicted molar refractivity (Wildman–Crippen MR) is 76.1 cm³/mol. The SMILES string of the molecule is CCCC(N)C(CO)Sc1ccc(Cl)c(Cl)c1. The topological polar surface area (TPSA) is 46.2 Å². The number of thioether (sulfide) groups is 1. The highest BCUT2D eigenvalue weighted by molar-refractivity contribution is 8.00. The Labute approximate surface area is 116 Å². The van der Waals surface area contributed by atoms with E-state index in [1.807, 2.05) is 6.07 Å². The summed E-state index contributed by atoms with van der Waals surface area (Å²) in [6.07, 6.45) is 1.92. The highest BCUT2D eigenvalue weighted by atomic mass is 35.5.